The molecule has 0 bridgehead atoms. The minimum absolute atomic E-state index is 0.0277. The van der Waals surface area contributed by atoms with E-state index in [2.05, 4.69) is 50.3 Å². The first-order valence-electron chi connectivity index (χ1n) is 6.25. The number of hydrogen-bond acceptors (Lipinski definition) is 1. The lowest BCUT2D eigenvalue weighted by molar-refractivity contribution is 0.251. The Morgan fingerprint density at radius 1 is 1.00 bits per heavy atom. The van der Waals surface area contributed by atoms with E-state index in [1.807, 2.05) is 18.2 Å². The lowest BCUT2D eigenvalue weighted by Crippen LogP contribution is -2.09. The molecule has 0 aromatic heterocycles. The Morgan fingerprint density at radius 2 is 1.78 bits per heavy atom. The molecule has 1 heterocycles. The smallest absolute Gasteiger partial charge is 0.142 e. The van der Waals surface area contributed by atoms with Crippen LogP contribution in [0.3, 0.4) is 0 Å². The summed E-state index contributed by atoms with van der Waals surface area (Å²) in [4.78, 5) is 0. The average Bonchev–Trinajstić information content (AvgIpc) is 2.39. The van der Waals surface area contributed by atoms with Crippen molar-refractivity contribution < 1.29 is 4.74 Å². The van der Waals surface area contributed by atoms with Crippen LogP contribution in [0, 0.1) is 13.8 Å². The Kier molecular flexibility index (Phi) is 2.67. The molecule has 0 aliphatic carbocycles. The van der Waals surface area contributed by atoms with E-state index in [0.29, 0.717) is 0 Å². The van der Waals surface area contributed by atoms with Crippen LogP contribution in [0.4, 0.5) is 0 Å². The molecule has 0 radical (unpaired) electrons. The highest BCUT2D eigenvalue weighted by Crippen LogP contribution is 2.35. The summed E-state index contributed by atoms with van der Waals surface area (Å²) < 4.78 is 6.09. The molecule has 1 nitrogen and oxygen atoms in total. The molecule has 90 valence electrons. The zero-order valence-electron chi connectivity index (χ0n) is 10.7. The average molecular weight is 236 g/mol. The Hall–Kier alpha value is -2.02. The number of rotatable bonds is 1. The third-order valence-electron chi connectivity index (χ3n) is 3.31. The molecule has 2 aromatic rings. The van der Waals surface area contributed by atoms with Gasteiger partial charge in [-0.1, -0.05) is 42.5 Å². The Morgan fingerprint density at radius 3 is 2.56 bits per heavy atom. The van der Waals surface area contributed by atoms with Crippen molar-refractivity contribution in [2.45, 2.75) is 20.0 Å². The van der Waals surface area contributed by atoms with Crippen molar-refractivity contribution in [3.05, 3.63) is 70.8 Å². The number of hydrogen-bond donors (Lipinski definition) is 0. The van der Waals surface area contributed by atoms with Crippen LogP contribution in [0.1, 0.15) is 28.4 Å². The highest BCUT2D eigenvalue weighted by atomic mass is 16.5. The molecule has 1 aliphatic rings. The Bertz CT molecular complexity index is 597. The predicted octanol–water partition coefficient (Wildman–Crippen LogP) is 4.45. The van der Waals surface area contributed by atoms with E-state index in [0.717, 1.165) is 5.75 Å². The summed E-state index contributed by atoms with van der Waals surface area (Å²) in [7, 11) is 0. The SMILES string of the molecule is Cc1cc(C)c2c(c1)O[C@@H](c1ccccc1)C=C2. The molecular weight excluding hydrogens is 220 g/mol. The van der Waals surface area contributed by atoms with Gasteiger partial charge in [-0.3, -0.25) is 0 Å². The lowest BCUT2D eigenvalue weighted by atomic mass is 9.99. The topological polar surface area (TPSA) is 9.23 Å². The van der Waals surface area contributed by atoms with Gasteiger partial charge in [0.2, 0.25) is 0 Å². The first-order valence-corrected chi connectivity index (χ1v) is 6.25. The number of aryl methyl sites for hydroxylation is 2. The second-order valence-electron chi connectivity index (χ2n) is 4.80. The molecular formula is C17H16O. The van der Waals surface area contributed by atoms with Crippen LogP contribution in [0.25, 0.3) is 6.08 Å². The van der Waals surface area contributed by atoms with E-state index < -0.39 is 0 Å². The van der Waals surface area contributed by atoms with Crippen molar-refractivity contribution in [2.24, 2.45) is 0 Å². The molecule has 0 fully saturated rings. The maximum atomic E-state index is 6.09. The van der Waals surface area contributed by atoms with Gasteiger partial charge in [-0.15, -0.1) is 0 Å². The normalized spacial score (nSPS) is 17.1. The van der Waals surface area contributed by atoms with Crippen LogP contribution >= 0.6 is 0 Å². The van der Waals surface area contributed by atoms with E-state index in [-0.39, 0.29) is 6.10 Å². The molecule has 1 aliphatic heterocycles. The van der Waals surface area contributed by atoms with Gasteiger partial charge in [-0.05, 0) is 42.7 Å². The van der Waals surface area contributed by atoms with Gasteiger partial charge >= 0.3 is 0 Å². The molecule has 18 heavy (non-hydrogen) atoms. The molecule has 1 atom stereocenters. The van der Waals surface area contributed by atoms with Gasteiger partial charge in [-0.2, -0.15) is 0 Å². The minimum Gasteiger partial charge on any atom is -0.481 e. The summed E-state index contributed by atoms with van der Waals surface area (Å²) >= 11 is 0. The van der Waals surface area contributed by atoms with E-state index in [1.54, 1.807) is 0 Å². The molecule has 3 rings (SSSR count). The largest absolute Gasteiger partial charge is 0.481 e. The third kappa shape index (κ3) is 1.92. The van der Waals surface area contributed by atoms with E-state index >= 15 is 0 Å². The maximum Gasteiger partial charge on any atom is 0.142 e. The number of fused-ring (bicyclic) bond motifs is 1. The van der Waals surface area contributed by atoms with Gasteiger partial charge in [0.05, 0.1) is 0 Å². The number of benzene rings is 2. The van der Waals surface area contributed by atoms with Crippen LogP contribution in [-0.4, -0.2) is 0 Å². The van der Waals surface area contributed by atoms with Crippen LogP contribution in [0.15, 0.2) is 48.5 Å². The molecule has 1 heteroatoms. The molecule has 0 amide bonds. The quantitative estimate of drug-likeness (QED) is 0.710. The first-order chi connectivity index (χ1) is 8.74. The zero-order chi connectivity index (χ0) is 12.5. The third-order valence-corrected chi connectivity index (χ3v) is 3.31. The summed E-state index contributed by atoms with van der Waals surface area (Å²) in [6.07, 6.45) is 4.32. The van der Waals surface area contributed by atoms with Crippen LogP contribution in [-0.2, 0) is 0 Å². The molecule has 0 spiro atoms. The number of ether oxygens (including phenoxy) is 1. The van der Waals surface area contributed by atoms with Crippen molar-refractivity contribution in [3.8, 4) is 5.75 Å². The van der Waals surface area contributed by atoms with E-state index in [1.165, 1.54) is 22.3 Å². The van der Waals surface area contributed by atoms with Crippen molar-refractivity contribution in [1.29, 1.82) is 0 Å². The summed E-state index contributed by atoms with van der Waals surface area (Å²) in [5.74, 6) is 0.990. The fourth-order valence-corrected chi connectivity index (χ4v) is 2.43. The fraction of sp³-hybridized carbons (Fsp3) is 0.176. The zero-order valence-corrected chi connectivity index (χ0v) is 10.7. The standard InChI is InChI=1S/C17H16O/c1-12-10-13(2)15-8-9-16(18-17(15)11-12)14-6-4-3-5-7-14/h3-11,16H,1-2H3/t16-/m1/s1. The van der Waals surface area contributed by atoms with Gasteiger partial charge in [0, 0.05) is 5.56 Å². The summed E-state index contributed by atoms with van der Waals surface area (Å²) in [5.41, 5.74) is 4.91. The van der Waals surface area contributed by atoms with Crippen LogP contribution in [0.5, 0.6) is 5.75 Å². The van der Waals surface area contributed by atoms with Crippen molar-refractivity contribution in [3.63, 3.8) is 0 Å². The summed E-state index contributed by atoms with van der Waals surface area (Å²) in [5, 5.41) is 0. The van der Waals surface area contributed by atoms with Crippen LogP contribution in [0.2, 0.25) is 0 Å². The Balaban J connectivity index is 1.99. The Labute approximate surface area is 108 Å². The summed E-state index contributed by atoms with van der Waals surface area (Å²) in [6, 6.07) is 14.6. The molecule has 0 saturated heterocycles. The second kappa shape index (κ2) is 4.34. The van der Waals surface area contributed by atoms with Gasteiger partial charge in [0.15, 0.2) is 0 Å². The predicted molar refractivity (Wildman–Crippen MR) is 74.8 cm³/mol. The fourth-order valence-electron chi connectivity index (χ4n) is 2.43. The van der Waals surface area contributed by atoms with Crippen molar-refractivity contribution >= 4 is 6.08 Å². The monoisotopic (exact) mass is 236 g/mol. The highest BCUT2D eigenvalue weighted by Gasteiger charge is 2.17. The van der Waals surface area contributed by atoms with Gasteiger partial charge in [0.25, 0.3) is 0 Å². The second-order valence-corrected chi connectivity index (χ2v) is 4.80. The van der Waals surface area contributed by atoms with E-state index in [9.17, 15) is 0 Å². The molecule has 0 unspecified atom stereocenters. The van der Waals surface area contributed by atoms with E-state index in [4.69, 9.17) is 4.74 Å². The molecule has 0 N–H and O–H groups in total. The molecule has 0 saturated carbocycles. The minimum atomic E-state index is 0.0277. The molecule has 2 aromatic carbocycles. The van der Waals surface area contributed by atoms with Gasteiger partial charge in [-0.25, -0.2) is 0 Å². The maximum absolute atomic E-state index is 6.09. The summed E-state index contributed by atoms with van der Waals surface area (Å²) in [6.45, 7) is 4.23. The van der Waals surface area contributed by atoms with Crippen LogP contribution < -0.4 is 4.74 Å². The van der Waals surface area contributed by atoms with Gasteiger partial charge in [0.1, 0.15) is 11.9 Å². The van der Waals surface area contributed by atoms with Gasteiger partial charge < -0.3 is 4.74 Å². The van der Waals surface area contributed by atoms with Crippen molar-refractivity contribution in [1.82, 2.24) is 0 Å². The lowest BCUT2D eigenvalue weighted by Gasteiger charge is -2.23. The van der Waals surface area contributed by atoms with Crippen molar-refractivity contribution in [2.75, 3.05) is 0 Å². The first kappa shape index (κ1) is 11.1. The highest BCUT2D eigenvalue weighted by molar-refractivity contribution is 5.64.